The number of benzene rings is 1. The molecule has 0 radical (unpaired) electrons. The van der Waals surface area contributed by atoms with E-state index in [0.717, 1.165) is 16.8 Å². The molecule has 0 bridgehead atoms. The lowest BCUT2D eigenvalue weighted by Gasteiger charge is -2.31. The second kappa shape index (κ2) is 7.92. The van der Waals surface area contributed by atoms with Gasteiger partial charge in [-0.2, -0.15) is 0 Å². The van der Waals surface area contributed by atoms with Crippen molar-refractivity contribution in [1.82, 2.24) is 15.5 Å². The maximum Gasteiger partial charge on any atom is 0.243 e. The van der Waals surface area contributed by atoms with Crippen LogP contribution in [0, 0.1) is 13.8 Å². The van der Waals surface area contributed by atoms with Gasteiger partial charge in [-0.15, -0.1) is 0 Å². The normalized spacial score (nSPS) is 16.2. The molecule has 1 fully saturated rings. The predicted molar refractivity (Wildman–Crippen MR) is 91.6 cm³/mol. The summed E-state index contributed by atoms with van der Waals surface area (Å²) in [5.74, 6) is -0.626. The van der Waals surface area contributed by atoms with Crippen LogP contribution in [-0.4, -0.2) is 54.8 Å². The van der Waals surface area contributed by atoms with Crippen LogP contribution in [0.15, 0.2) is 18.2 Å². The Bertz CT molecular complexity index is 624. The SMILES string of the molecule is Cc1cccc(C)c1NC(=O)CNC(=O)[C@H](C)N1CCNC(=O)C1. The summed E-state index contributed by atoms with van der Waals surface area (Å²) in [5, 5.41) is 8.17. The molecule has 0 aromatic heterocycles. The van der Waals surface area contributed by atoms with Crippen LogP contribution < -0.4 is 16.0 Å². The minimum Gasteiger partial charge on any atom is -0.354 e. The Labute approximate surface area is 141 Å². The van der Waals surface area contributed by atoms with E-state index in [1.165, 1.54) is 0 Å². The van der Waals surface area contributed by atoms with Crippen LogP contribution in [0.2, 0.25) is 0 Å². The van der Waals surface area contributed by atoms with E-state index in [2.05, 4.69) is 16.0 Å². The molecule has 24 heavy (non-hydrogen) atoms. The summed E-state index contributed by atoms with van der Waals surface area (Å²) < 4.78 is 0. The van der Waals surface area contributed by atoms with Crippen LogP contribution in [0.4, 0.5) is 5.69 Å². The van der Waals surface area contributed by atoms with Crippen molar-refractivity contribution in [1.29, 1.82) is 0 Å². The van der Waals surface area contributed by atoms with E-state index in [1.807, 2.05) is 32.0 Å². The minimum absolute atomic E-state index is 0.0892. The maximum atomic E-state index is 12.2. The monoisotopic (exact) mass is 332 g/mol. The van der Waals surface area contributed by atoms with Crippen molar-refractivity contribution in [2.24, 2.45) is 0 Å². The van der Waals surface area contributed by atoms with Gasteiger partial charge in [-0.1, -0.05) is 18.2 Å². The van der Waals surface area contributed by atoms with Crippen molar-refractivity contribution in [3.8, 4) is 0 Å². The third kappa shape index (κ3) is 4.55. The van der Waals surface area contributed by atoms with Crippen LogP contribution in [0.3, 0.4) is 0 Å². The summed E-state index contributed by atoms with van der Waals surface area (Å²) in [7, 11) is 0. The number of nitrogens with one attached hydrogen (secondary N) is 3. The number of carbonyl (C=O) groups is 3. The summed E-state index contributed by atoms with van der Waals surface area (Å²) in [6, 6.07) is 5.32. The average molecular weight is 332 g/mol. The molecule has 7 heteroatoms. The fourth-order valence-corrected chi connectivity index (χ4v) is 2.67. The molecule has 0 aliphatic carbocycles. The molecule has 1 aromatic rings. The van der Waals surface area contributed by atoms with Gasteiger partial charge in [0.15, 0.2) is 0 Å². The molecular formula is C17H24N4O3. The fourth-order valence-electron chi connectivity index (χ4n) is 2.67. The Balaban J connectivity index is 1.84. The Hall–Kier alpha value is -2.41. The first-order valence-electron chi connectivity index (χ1n) is 8.03. The summed E-state index contributed by atoms with van der Waals surface area (Å²) in [6.07, 6.45) is 0. The third-order valence-corrected chi connectivity index (χ3v) is 4.16. The number of nitrogens with zero attached hydrogens (tertiary/aromatic N) is 1. The smallest absolute Gasteiger partial charge is 0.243 e. The molecule has 1 aliphatic rings. The number of piperazine rings is 1. The number of anilines is 1. The fraction of sp³-hybridized carbons (Fsp3) is 0.471. The van der Waals surface area contributed by atoms with Crippen LogP contribution in [0.25, 0.3) is 0 Å². The lowest BCUT2D eigenvalue weighted by molar-refractivity contribution is -0.131. The number of para-hydroxylation sites is 1. The number of aryl methyl sites for hydroxylation is 2. The van der Waals surface area contributed by atoms with E-state index < -0.39 is 6.04 Å². The summed E-state index contributed by atoms with van der Waals surface area (Å²) >= 11 is 0. The Morgan fingerprint density at radius 3 is 2.58 bits per heavy atom. The Kier molecular flexibility index (Phi) is 5.92. The third-order valence-electron chi connectivity index (χ3n) is 4.16. The molecular weight excluding hydrogens is 308 g/mol. The molecule has 1 aliphatic heterocycles. The van der Waals surface area contributed by atoms with Gasteiger partial charge in [0.2, 0.25) is 17.7 Å². The van der Waals surface area contributed by atoms with E-state index in [4.69, 9.17) is 0 Å². The number of hydrogen-bond acceptors (Lipinski definition) is 4. The molecule has 7 nitrogen and oxygen atoms in total. The molecule has 130 valence electrons. The lowest BCUT2D eigenvalue weighted by Crippen LogP contribution is -2.55. The second-order valence-electron chi connectivity index (χ2n) is 6.03. The molecule has 0 unspecified atom stereocenters. The van der Waals surface area contributed by atoms with E-state index >= 15 is 0 Å². The van der Waals surface area contributed by atoms with Crippen molar-refractivity contribution in [3.05, 3.63) is 29.3 Å². The van der Waals surface area contributed by atoms with Gasteiger partial charge in [-0.3, -0.25) is 19.3 Å². The molecule has 3 N–H and O–H groups in total. The van der Waals surface area contributed by atoms with E-state index in [0.29, 0.717) is 13.1 Å². The molecule has 1 atom stereocenters. The first-order valence-corrected chi connectivity index (χ1v) is 8.03. The second-order valence-corrected chi connectivity index (χ2v) is 6.03. The van der Waals surface area contributed by atoms with Crippen LogP contribution in [0.1, 0.15) is 18.1 Å². The molecule has 0 saturated carbocycles. The van der Waals surface area contributed by atoms with Gasteiger partial charge in [0, 0.05) is 18.8 Å². The largest absolute Gasteiger partial charge is 0.354 e. The molecule has 1 aromatic carbocycles. The van der Waals surface area contributed by atoms with Gasteiger partial charge in [0.1, 0.15) is 0 Å². The molecule has 1 heterocycles. The van der Waals surface area contributed by atoms with E-state index in [-0.39, 0.29) is 30.8 Å². The molecule has 0 spiro atoms. The highest BCUT2D eigenvalue weighted by molar-refractivity contribution is 5.96. The van der Waals surface area contributed by atoms with Gasteiger partial charge in [-0.05, 0) is 31.9 Å². The number of carbonyl (C=O) groups excluding carboxylic acids is 3. The summed E-state index contributed by atoms with van der Waals surface area (Å²) in [5.41, 5.74) is 2.72. The van der Waals surface area contributed by atoms with Gasteiger partial charge in [0.25, 0.3) is 0 Å². The van der Waals surface area contributed by atoms with Crippen LogP contribution in [0.5, 0.6) is 0 Å². The predicted octanol–water partition coefficient (Wildman–Crippen LogP) is 0.178. The standard InChI is InChI=1S/C17H24N4O3/c1-11-5-4-6-12(2)16(11)20-14(22)9-19-17(24)13(3)21-8-7-18-15(23)10-21/h4-6,13H,7-10H2,1-3H3,(H,18,23)(H,19,24)(H,20,22)/t13-/m0/s1. The van der Waals surface area contributed by atoms with Crippen LogP contribution in [-0.2, 0) is 14.4 Å². The first-order chi connectivity index (χ1) is 11.4. The first kappa shape index (κ1) is 17.9. The van der Waals surface area contributed by atoms with E-state index in [1.54, 1.807) is 11.8 Å². The zero-order valence-corrected chi connectivity index (χ0v) is 14.3. The van der Waals surface area contributed by atoms with Crippen molar-refractivity contribution >= 4 is 23.4 Å². The lowest BCUT2D eigenvalue weighted by atomic mass is 10.1. The van der Waals surface area contributed by atoms with Crippen molar-refractivity contribution < 1.29 is 14.4 Å². The summed E-state index contributed by atoms with van der Waals surface area (Å²) in [4.78, 5) is 37.4. The highest BCUT2D eigenvalue weighted by Gasteiger charge is 2.26. The molecule has 2 rings (SSSR count). The zero-order valence-electron chi connectivity index (χ0n) is 14.3. The quantitative estimate of drug-likeness (QED) is 0.717. The Morgan fingerprint density at radius 2 is 1.96 bits per heavy atom. The van der Waals surface area contributed by atoms with Crippen LogP contribution >= 0.6 is 0 Å². The zero-order chi connectivity index (χ0) is 17.7. The number of hydrogen-bond donors (Lipinski definition) is 3. The number of rotatable bonds is 5. The summed E-state index contributed by atoms with van der Waals surface area (Å²) in [6.45, 7) is 6.82. The highest BCUT2D eigenvalue weighted by Crippen LogP contribution is 2.18. The average Bonchev–Trinajstić information content (AvgIpc) is 2.55. The maximum absolute atomic E-state index is 12.2. The van der Waals surface area contributed by atoms with Gasteiger partial charge in [-0.25, -0.2) is 0 Å². The topological polar surface area (TPSA) is 90.5 Å². The Morgan fingerprint density at radius 1 is 1.29 bits per heavy atom. The highest BCUT2D eigenvalue weighted by atomic mass is 16.2. The minimum atomic E-state index is -0.455. The van der Waals surface area contributed by atoms with Gasteiger partial charge in [0.05, 0.1) is 19.1 Å². The molecule has 1 saturated heterocycles. The van der Waals surface area contributed by atoms with Gasteiger partial charge < -0.3 is 16.0 Å². The van der Waals surface area contributed by atoms with Crippen molar-refractivity contribution in [2.45, 2.75) is 26.8 Å². The van der Waals surface area contributed by atoms with Gasteiger partial charge >= 0.3 is 0 Å². The van der Waals surface area contributed by atoms with Crippen molar-refractivity contribution in [2.75, 3.05) is 31.5 Å². The van der Waals surface area contributed by atoms with Crippen molar-refractivity contribution in [3.63, 3.8) is 0 Å². The molecule has 3 amide bonds. The van der Waals surface area contributed by atoms with E-state index in [9.17, 15) is 14.4 Å². The number of amides is 3.